The average Bonchev–Trinajstić information content (AvgIpc) is 3.05. The lowest BCUT2D eigenvalue weighted by molar-refractivity contribution is 0.269. The first-order valence-electron chi connectivity index (χ1n) is 9.06. The predicted octanol–water partition coefficient (Wildman–Crippen LogP) is 6.61. The van der Waals surface area contributed by atoms with Crippen molar-refractivity contribution in [2.75, 3.05) is 6.61 Å². The summed E-state index contributed by atoms with van der Waals surface area (Å²) in [6.07, 6.45) is 2.51. The highest BCUT2D eigenvalue weighted by Gasteiger charge is 2.16. The van der Waals surface area contributed by atoms with Crippen molar-refractivity contribution < 1.29 is 9.50 Å². The highest BCUT2D eigenvalue weighted by atomic mass is 35.5. The van der Waals surface area contributed by atoms with Crippen LogP contribution in [0.25, 0.3) is 0 Å². The lowest BCUT2D eigenvalue weighted by atomic mass is 9.96. The number of aliphatic hydroxyl groups is 1. The summed E-state index contributed by atoms with van der Waals surface area (Å²) in [6, 6.07) is 10.3. The van der Waals surface area contributed by atoms with E-state index >= 15 is 0 Å². The molecular weight excluding hydrogens is 454 g/mol. The van der Waals surface area contributed by atoms with Gasteiger partial charge in [0.15, 0.2) is 5.16 Å². The lowest BCUT2D eigenvalue weighted by Gasteiger charge is -2.15. The van der Waals surface area contributed by atoms with Crippen molar-refractivity contribution in [1.82, 2.24) is 9.55 Å². The molecule has 0 fully saturated rings. The van der Waals surface area contributed by atoms with Gasteiger partial charge in [0.2, 0.25) is 0 Å². The summed E-state index contributed by atoms with van der Waals surface area (Å²) in [4.78, 5) is 4.49. The van der Waals surface area contributed by atoms with Crippen molar-refractivity contribution in [2.24, 2.45) is 0 Å². The van der Waals surface area contributed by atoms with E-state index < -0.39 is 0 Å². The number of hydrogen-bond donors (Lipinski definition) is 1. The molecule has 29 heavy (non-hydrogen) atoms. The van der Waals surface area contributed by atoms with Crippen LogP contribution in [0.3, 0.4) is 0 Å². The Morgan fingerprint density at radius 1 is 1.14 bits per heavy atom. The summed E-state index contributed by atoms with van der Waals surface area (Å²) in [5, 5.41) is 11.7. The van der Waals surface area contributed by atoms with Crippen LogP contribution in [0, 0.1) is 5.82 Å². The van der Waals surface area contributed by atoms with Crippen molar-refractivity contribution in [3.8, 4) is 0 Å². The van der Waals surface area contributed by atoms with Gasteiger partial charge < -0.3 is 9.67 Å². The minimum atomic E-state index is -0.335. The van der Waals surface area contributed by atoms with Gasteiger partial charge in [0, 0.05) is 34.8 Å². The predicted molar refractivity (Wildman–Crippen MR) is 119 cm³/mol. The Hall–Kier alpha value is -1.24. The SMILES string of the molecule is CC(Cc1cnc(SCc2c(F)cccc2Cl)n1CCO)c1ccc(Cl)c(Cl)c1. The fourth-order valence-electron chi connectivity index (χ4n) is 3.07. The van der Waals surface area contributed by atoms with Gasteiger partial charge in [-0.2, -0.15) is 0 Å². The van der Waals surface area contributed by atoms with E-state index in [1.807, 2.05) is 16.7 Å². The number of nitrogens with zero attached hydrogens (tertiary/aromatic N) is 2. The Labute approximate surface area is 188 Å². The third kappa shape index (κ3) is 5.47. The molecule has 0 aliphatic heterocycles. The molecule has 1 atom stereocenters. The van der Waals surface area contributed by atoms with Gasteiger partial charge in [-0.15, -0.1) is 0 Å². The summed E-state index contributed by atoms with van der Waals surface area (Å²) >= 11 is 19.7. The van der Waals surface area contributed by atoms with Crippen molar-refractivity contribution in [3.05, 3.63) is 80.3 Å². The van der Waals surface area contributed by atoms with Crippen molar-refractivity contribution in [2.45, 2.75) is 36.7 Å². The Morgan fingerprint density at radius 3 is 2.62 bits per heavy atom. The highest BCUT2D eigenvalue weighted by Crippen LogP contribution is 2.31. The van der Waals surface area contributed by atoms with Crippen LogP contribution in [0.15, 0.2) is 47.8 Å². The van der Waals surface area contributed by atoms with Crippen LogP contribution < -0.4 is 0 Å². The smallest absolute Gasteiger partial charge is 0.168 e. The second kappa shape index (κ2) is 10.2. The number of aromatic nitrogens is 2. The zero-order valence-corrected chi connectivity index (χ0v) is 18.8. The zero-order chi connectivity index (χ0) is 21.0. The molecule has 154 valence electrons. The van der Waals surface area contributed by atoms with Gasteiger partial charge in [-0.25, -0.2) is 9.37 Å². The van der Waals surface area contributed by atoms with Gasteiger partial charge in [0.1, 0.15) is 5.82 Å². The van der Waals surface area contributed by atoms with Crippen LogP contribution in [-0.4, -0.2) is 21.3 Å². The molecule has 2 aromatic carbocycles. The van der Waals surface area contributed by atoms with E-state index in [0.717, 1.165) is 16.4 Å². The van der Waals surface area contributed by atoms with Gasteiger partial charge in [0.05, 0.1) is 16.7 Å². The number of rotatable bonds is 8. The van der Waals surface area contributed by atoms with E-state index in [0.29, 0.717) is 39.3 Å². The van der Waals surface area contributed by atoms with Gasteiger partial charge in [-0.05, 0) is 42.2 Å². The fourth-order valence-corrected chi connectivity index (χ4v) is 4.74. The number of thioether (sulfide) groups is 1. The van der Waals surface area contributed by atoms with Gasteiger partial charge in [-0.3, -0.25) is 0 Å². The number of benzene rings is 2. The van der Waals surface area contributed by atoms with Crippen LogP contribution in [0.1, 0.15) is 29.7 Å². The summed E-state index contributed by atoms with van der Waals surface area (Å²) < 4.78 is 16.0. The number of aliphatic hydroxyl groups excluding tert-OH is 1. The van der Waals surface area contributed by atoms with Crippen LogP contribution in [0.2, 0.25) is 15.1 Å². The summed E-state index contributed by atoms with van der Waals surface area (Å²) in [7, 11) is 0. The topological polar surface area (TPSA) is 38.0 Å². The van der Waals surface area contributed by atoms with Crippen LogP contribution in [0.4, 0.5) is 4.39 Å². The van der Waals surface area contributed by atoms with Gasteiger partial charge >= 0.3 is 0 Å². The molecular formula is C21H20Cl3FN2OS. The average molecular weight is 474 g/mol. The Kier molecular flexibility index (Phi) is 7.88. The molecule has 0 radical (unpaired) electrons. The van der Waals surface area contributed by atoms with Crippen LogP contribution >= 0.6 is 46.6 Å². The van der Waals surface area contributed by atoms with Gasteiger partial charge in [-0.1, -0.05) is 65.6 Å². The summed E-state index contributed by atoms with van der Waals surface area (Å²) in [5.41, 5.74) is 2.51. The number of hydrogen-bond acceptors (Lipinski definition) is 3. The van der Waals surface area contributed by atoms with E-state index in [2.05, 4.69) is 11.9 Å². The number of halogens is 4. The molecule has 3 nitrogen and oxygen atoms in total. The minimum Gasteiger partial charge on any atom is -0.395 e. The van der Waals surface area contributed by atoms with Crippen molar-refractivity contribution >= 4 is 46.6 Å². The van der Waals surface area contributed by atoms with Crippen molar-refractivity contribution in [1.29, 1.82) is 0 Å². The Morgan fingerprint density at radius 2 is 1.93 bits per heavy atom. The second-order valence-corrected chi connectivity index (χ2v) is 8.84. The zero-order valence-electron chi connectivity index (χ0n) is 15.7. The van der Waals surface area contributed by atoms with Crippen LogP contribution in [0.5, 0.6) is 0 Å². The first-order valence-corrected chi connectivity index (χ1v) is 11.2. The molecule has 0 aliphatic rings. The molecule has 0 bridgehead atoms. The third-order valence-electron chi connectivity index (χ3n) is 4.66. The minimum absolute atomic E-state index is 0.0153. The van der Waals surface area contributed by atoms with E-state index in [9.17, 15) is 9.50 Å². The van der Waals surface area contributed by atoms with Crippen LogP contribution in [-0.2, 0) is 18.7 Å². The molecule has 1 aromatic heterocycles. The monoisotopic (exact) mass is 472 g/mol. The summed E-state index contributed by atoms with van der Waals surface area (Å²) in [5.74, 6) is 0.201. The quantitative estimate of drug-likeness (QED) is 0.374. The molecule has 0 aliphatic carbocycles. The number of imidazole rings is 1. The molecule has 0 saturated heterocycles. The Bertz CT molecular complexity index is 976. The molecule has 3 aromatic rings. The fraction of sp³-hybridized carbons (Fsp3) is 0.286. The maximum Gasteiger partial charge on any atom is 0.168 e. The maximum atomic E-state index is 14.0. The molecule has 8 heteroatoms. The normalized spacial score (nSPS) is 12.3. The largest absolute Gasteiger partial charge is 0.395 e. The van der Waals surface area contributed by atoms with Gasteiger partial charge in [0.25, 0.3) is 0 Å². The molecule has 1 N–H and O–H groups in total. The van der Waals surface area contributed by atoms with Crippen molar-refractivity contribution in [3.63, 3.8) is 0 Å². The Balaban J connectivity index is 1.78. The van der Waals surface area contributed by atoms with E-state index in [1.165, 1.54) is 17.8 Å². The lowest BCUT2D eigenvalue weighted by Crippen LogP contribution is -2.10. The summed E-state index contributed by atoms with van der Waals surface area (Å²) in [6.45, 7) is 2.50. The first kappa shape index (κ1) is 22.4. The molecule has 0 spiro atoms. The molecule has 0 amide bonds. The van der Waals surface area contributed by atoms with E-state index in [-0.39, 0.29) is 18.3 Å². The maximum absolute atomic E-state index is 14.0. The van der Waals surface area contributed by atoms with E-state index in [1.54, 1.807) is 24.4 Å². The second-order valence-electron chi connectivity index (χ2n) is 6.67. The molecule has 0 saturated carbocycles. The third-order valence-corrected chi connectivity index (χ3v) is 6.77. The highest BCUT2D eigenvalue weighted by molar-refractivity contribution is 7.98. The standard InChI is InChI=1S/C21H20Cl3FN2OS/c1-13(14-5-6-18(23)19(24)10-14)9-15-11-26-21(27(15)7-8-28)29-12-16-17(22)3-2-4-20(16)25/h2-6,10-11,13,28H,7-9,12H2,1H3. The molecule has 1 unspecified atom stereocenters. The van der Waals surface area contributed by atoms with E-state index in [4.69, 9.17) is 34.8 Å². The first-order chi connectivity index (χ1) is 13.9. The molecule has 3 rings (SSSR count). The molecule has 1 heterocycles.